The molecule has 8 nitrogen and oxygen atoms in total. The molecule has 0 aromatic heterocycles. The minimum atomic E-state index is -4.75. The zero-order valence-corrected chi connectivity index (χ0v) is 32.8. The Hall–Kier alpha value is -1.21. The Morgan fingerprint density at radius 1 is 0.510 bits per heavy atom. The Morgan fingerprint density at radius 3 is 1.29 bits per heavy atom. The van der Waals surface area contributed by atoms with Gasteiger partial charge in [0.2, 0.25) is 0 Å². The molecule has 1 atom stereocenters. The van der Waals surface area contributed by atoms with Crippen LogP contribution in [-0.4, -0.2) is 41.0 Å². The summed E-state index contributed by atoms with van der Waals surface area (Å²) < 4.78 is 26.3. The van der Waals surface area contributed by atoms with E-state index in [2.05, 4.69) is 30.5 Å². The van der Waals surface area contributed by atoms with E-state index in [1.807, 2.05) is 0 Å². The summed E-state index contributed by atoms with van der Waals surface area (Å²) in [6.45, 7) is 3.67. The van der Waals surface area contributed by atoms with Gasteiger partial charge in [0.1, 0.15) is 6.61 Å². The Kier molecular flexibility index (Phi) is 35.7. The van der Waals surface area contributed by atoms with E-state index in [1.165, 1.54) is 128 Å². The van der Waals surface area contributed by atoms with Gasteiger partial charge < -0.3 is 19.3 Å². The highest BCUT2D eigenvalue weighted by atomic mass is 31.2. The van der Waals surface area contributed by atoms with Crippen molar-refractivity contribution in [3.05, 3.63) is 12.2 Å². The number of ether oxygens (including phenoxy) is 2. The van der Waals surface area contributed by atoms with Gasteiger partial charge in [0.25, 0.3) is 0 Å². The molecule has 0 spiro atoms. The number of rotatable bonds is 38. The number of allylic oxidation sites excluding steroid dienone is 2. The van der Waals surface area contributed by atoms with Gasteiger partial charge in [0, 0.05) is 12.8 Å². The Balaban J connectivity index is 3.87. The molecule has 2 N–H and O–H groups in total. The maximum Gasteiger partial charge on any atom is 0.469 e. The highest BCUT2D eigenvalue weighted by molar-refractivity contribution is 7.46. The van der Waals surface area contributed by atoms with E-state index >= 15 is 0 Å². The van der Waals surface area contributed by atoms with Crippen molar-refractivity contribution < 1.29 is 37.9 Å². The fourth-order valence-corrected chi connectivity index (χ4v) is 6.32. The van der Waals surface area contributed by atoms with Crippen LogP contribution < -0.4 is 0 Å². The molecule has 0 amide bonds. The predicted molar refractivity (Wildman–Crippen MR) is 202 cm³/mol. The number of carbonyl (C=O) groups excluding carboxylic acids is 2. The van der Waals surface area contributed by atoms with E-state index in [9.17, 15) is 14.2 Å². The van der Waals surface area contributed by atoms with Crippen LogP contribution in [0.1, 0.15) is 213 Å². The van der Waals surface area contributed by atoms with E-state index in [4.69, 9.17) is 19.3 Å². The number of carbonyl (C=O) groups is 2. The molecule has 0 saturated carbocycles. The summed E-state index contributed by atoms with van der Waals surface area (Å²) in [5.41, 5.74) is 0. The number of esters is 2. The average molecular weight is 717 g/mol. The van der Waals surface area contributed by atoms with Crippen LogP contribution in [-0.2, 0) is 28.2 Å². The second-order valence-corrected chi connectivity index (χ2v) is 15.2. The first kappa shape index (κ1) is 47.8. The molecule has 0 aliphatic rings. The largest absolute Gasteiger partial charge is 0.469 e. The Labute approximate surface area is 301 Å². The molecule has 0 heterocycles. The van der Waals surface area contributed by atoms with Crippen LogP contribution in [0.5, 0.6) is 0 Å². The van der Waals surface area contributed by atoms with Crippen LogP contribution in [0, 0.1) is 0 Å². The summed E-state index contributed by atoms with van der Waals surface area (Å²) in [5.74, 6) is -0.885. The molecule has 0 rings (SSSR count). The molecular formula is C40H77O8P. The van der Waals surface area contributed by atoms with Crippen molar-refractivity contribution in [2.45, 2.75) is 219 Å². The maximum atomic E-state index is 12.4. The lowest BCUT2D eigenvalue weighted by molar-refractivity contribution is -0.161. The van der Waals surface area contributed by atoms with Gasteiger partial charge in [-0.1, -0.05) is 174 Å². The molecule has 290 valence electrons. The molecule has 0 aromatic carbocycles. The highest BCUT2D eigenvalue weighted by Crippen LogP contribution is 2.36. The van der Waals surface area contributed by atoms with Gasteiger partial charge in [-0.05, 0) is 38.5 Å². The average Bonchev–Trinajstić information content (AvgIpc) is 3.07. The van der Waals surface area contributed by atoms with Gasteiger partial charge in [-0.2, -0.15) is 0 Å². The van der Waals surface area contributed by atoms with Gasteiger partial charge in [0.05, 0.1) is 6.61 Å². The third kappa shape index (κ3) is 39.4. The minimum Gasteiger partial charge on any atom is -0.462 e. The second-order valence-electron chi connectivity index (χ2n) is 14.0. The standard InChI is InChI=1S/C40H77O8P/c1-3-5-7-9-11-13-15-17-18-19-20-21-22-23-25-27-29-31-33-35-40(42)48-38(37-47-49(43,44)45)36-46-39(41)34-32-30-28-26-24-16-14-12-10-8-6-4-2/h12,14,38H,3-11,13,15-37H2,1-2H3,(H2,43,44,45)/b14-12-/t38-/m1/s1. The molecule has 9 heteroatoms. The van der Waals surface area contributed by atoms with Gasteiger partial charge in [-0.25, -0.2) is 4.57 Å². The number of hydrogen-bond acceptors (Lipinski definition) is 6. The quantitative estimate of drug-likeness (QED) is 0.0280. The lowest BCUT2D eigenvalue weighted by Gasteiger charge is -2.18. The van der Waals surface area contributed by atoms with Gasteiger partial charge in [-0.15, -0.1) is 0 Å². The highest BCUT2D eigenvalue weighted by Gasteiger charge is 2.22. The van der Waals surface area contributed by atoms with Crippen molar-refractivity contribution in [2.75, 3.05) is 13.2 Å². The molecule has 0 fully saturated rings. The number of phosphoric ester groups is 1. The monoisotopic (exact) mass is 717 g/mol. The lowest BCUT2D eigenvalue weighted by atomic mass is 10.0. The van der Waals surface area contributed by atoms with Crippen molar-refractivity contribution in [3.8, 4) is 0 Å². The molecule has 0 aliphatic carbocycles. The summed E-state index contributed by atoms with van der Waals surface area (Å²) in [6.07, 6.45) is 39.4. The Morgan fingerprint density at radius 2 is 0.857 bits per heavy atom. The first-order valence-electron chi connectivity index (χ1n) is 20.5. The van der Waals surface area contributed by atoms with Crippen molar-refractivity contribution >= 4 is 19.8 Å². The smallest absolute Gasteiger partial charge is 0.462 e. The number of unbranched alkanes of at least 4 members (excludes halogenated alkanes) is 26. The lowest BCUT2D eigenvalue weighted by Crippen LogP contribution is -2.29. The molecule has 49 heavy (non-hydrogen) atoms. The maximum absolute atomic E-state index is 12.4. The number of phosphoric acid groups is 1. The van der Waals surface area contributed by atoms with E-state index < -0.39 is 32.5 Å². The third-order valence-corrected chi connectivity index (χ3v) is 9.52. The molecule has 0 bridgehead atoms. The summed E-state index contributed by atoms with van der Waals surface area (Å²) >= 11 is 0. The predicted octanol–water partition coefficient (Wildman–Crippen LogP) is 12.2. The normalized spacial score (nSPS) is 12.5. The van der Waals surface area contributed by atoms with Crippen LogP contribution >= 0.6 is 7.82 Å². The molecule has 0 radical (unpaired) electrons. The molecular weight excluding hydrogens is 639 g/mol. The zero-order valence-electron chi connectivity index (χ0n) is 31.9. The van der Waals surface area contributed by atoms with Crippen LogP contribution in [0.2, 0.25) is 0 Å². The van der Waals surface area contributed by atoms with E-state index in [1.54, 1.807) is 0 Å². The topological polar surface area (TPSA) is 119 Å². The molecule has 0 aliphatic heterocycles. The molecule has 0 unspecified atom stereocenters. The first-order valence-corrected chi connectivity index (χ1v) is 22.0. The van der Waals surface area contributed by atoms with Crippen LogP contribution in [0.3, 0.4) is 0 Å². The van der Waals surface area contributed by atoms with Crippen molar-refractivity contribution in [2.24, 2.45) is 0 Å². The van der Waals surface area contributed by atoms with E-state index in [-0.39, 0.29) is 19.4 Å². The van der Waals surface area contributed by atoms with Gasteiger partial charge >= 0.3 is 19.8 Å². The van der Waals surface area contributed by atoms with Crippen molar-refractivity contribution in [1.82, 2.24) is 0 Å². The van der Waals surface area contributed by atoms with Gasteiger partial charge in [0.15, 0.2) is 6.10 Å². The fourth-order valence-electron chi connectivity index (χ4n) is 5.96. The van der Waals surface area contributed by atoms with Crippen molar-refractivity contribution in [1.29, 1.82) is 0 Å². The SMILES string of the molecule is CCCCC/C=C\CCCCCCCC(=O)OC[C@H](COP(=O)(O)O)OC(=O)CCCCCCCCCCCCCCCCCCCCC. The van der Waals surface area contributed by atoms with Gasteiger partial charge in [-0.3, -0.25) is 14.1 Å². The zero-order chi connectivity index (χ0) is 36.1. The van der Waals surface area contributed by atoms with Crippen LogP contribution in [0.15, 0.2) is 12.2 Å². The molecule has 0 aromatic rings. The molecule has 0 saturated heterocycles. The first-order chi connectivity index (χ1) is 23.8. The summed E-state index contributed by atoms with van der Waals surface area (Å²) in [4.78, 5) is 42.7. The van der Waals surface area contributed by atoms with E-state index in [0.29, 0.717) is 12.8 Å². The summed E-state index contributed by atoms with van der Waals surface area (Å²) in [7, 11) is -4.75. The summed E-state index contributed by atoms with van der Waals surface area (Å²) in [5, 5.41) is 0. The minimum absolute atomic E-state index is 0.216. The third-order valence-electron chi connectivity index (χ3n) is 9.03. The van der Waals surface area contributed by atoms with E-state index in [0.717, 1.165) is 44.9 Å². The Bertz CT molecular complexity index is 812. The van der Waals surface area contributed by atoms with Crippen molar-refractivity contribution in [3.63, 3.8) is 0 Å². The summed E-state index contributed by atoms with van der Waals surface area (Å²) in [6, 6.07) is 0. The number of hydrogen-bond donors (Lipinski definition) is 2. The fraction of sp³-hybridized carbons (Fsp3) is 0.900. The van der Waals surface area contributed by atoms with Crippen LogP contribution in [0.4, 0.5) is 0 Å². The van der Waals surface area contributed by atoms with Crippen LogP contribution in [0.25, 0.3) is 0 Å². The second kappa shape index (κ2) is 36.6.